The second-order valence-corrected chi connectivity index (χ2v) is 7.32. The van der Waals surface area contributed by atoms with Crippen LogP contribution in [0.1, 0.15) is 56.2 Å². The van der Waals surface area contributed by atoms with Gasteiger partial charge in [0.05, 0.1) is 5.69 Å². The Kier molecular flexibility index (Phi) is 4.36. The highest BCUT2D eigenvalue weighted by atomic mass is 32.1. The van der Waals surface area contributed by atoms with E-state index in [4.69, 9.17) is 12.2 Å². The van der Waals surface area contributed by atoms with Gasteiger partial charge >= 0.3 is 0 Å². The number of para-hydroxylation sites is 1. The zero-order valence-corrected chi connectivity index (χ0v) is 15.5. The Balaban J connectivity index is 1.87. The summed E-state index contributed by atoms with van der Waals surface area (Å²) in [6.45, 7) is 1.91. The number of aromatic hydroxyl groups is 1. The fourth-order valence-corrected chi connectivity index (χ4v) is 4.25. The van der Waals surface area contributed by atoms with Crippen molar-refractivity contribution < 1.29 is 5.11 Å². The standard InChI is InChI=1S/C20H21N3O2S/c1-12-15(14-9-5-6-10-17(14)21-12)11-16-18(24)22-20(26)23(19(16)25)13-7-3-2-4-8-13/h5-6,9-11,13,25H,2-4,7-8H2,1H3,(H,22,24,26). The maximum absolute atomic E-state index is 12.5. The van der Waals surface area contributed by atoms with Crippen LogP contribution in [0.3, 0.4) is 0 Å². The average molecular weight is 367 g/mol. The van der Waals surface area contributed by atoms with E-state index in [0.717, 1.165) is 48.2 Å². The van der Waals surface area contributed by atoms with Crippen LogP contribution in [0.5, 0.6) is 5.88 Å². The molecule has 1 aromatic carbocycles. The number of allylic oxidation sites excluding steroid dienone is 1. The highest BCUT2D eigenvalue weighted by Gasteiger charge is 2.23. The molecule has 1 saturated carbocycles. The van der Waals surface area contributed by atoms with Gasteiger partial charge in [0.25, 0.3) is 5.56 Å². The van der Waals surface area contributed by atoms with Gasteiger partial charge in [-0.15, -0.1) is 0 Å². The number of fused-ring (bicyclic) bond motifs is 1. The number of H-pyrrole nitrogens is 1. The molecule has 2 aromatic rings. The molecule has 0 amide bonds. The molecular weight excluding hydrogens is 346 g/mol. The quantitative estimate of drug-likeness (QED) is 0.752. The lowest BCUT2D eigenvalue weighted by atomic mass is 9.95. The Bertz CT molecular complexity index is 1040. The van der Waals surface area contributed by atoms with Crippen LogP contribution in [0.25, 0.3) is 11.6 Å². The first-order valence-electron chi connectivity index (χ1n) is 9.01. The number of aromatic nitrogens is 2. The third-order valence-electron chi connectivity index (χ3n) is 5.25. The highest BCUT2D eigenvalue weighted by Crippen LogP contribution is 2.37. The van der Waals surface area contributed by atoms with Gasteiger partial charge in [-0.25, -0.2) is 0 Å². The minimum atomic E-state index is -0.371. The Morgan fingerprint density at radius 2 is 2.00 bits per heavy atom. The third-order valence-corrected chi connectivity index (χ3v) is 5.55. The average Bonchev–Trinajstić information content (AvgIpc) is 2.94. The summed E-state index contributed by atoms with van der Waals surface area (Å²) in [5.41, 5.74) is 3.41. The van der Waals surface area contributed by atoms with E-state index < -0.39 is 0 Å². The maximum atomic E-state index is 12.5. The molecule has 1 aliphatic heterocycles. The number of rotatable bonds is 2. The molecular formula is C20H21N3O2S. The van der Waals surface area contributed by atoms with Crippen molar-refractivity contribution in [3.63, 3.8) is 0 Å². The van der Waals surface area contributed by atoms with Crippen LogP contribution in [0.15, 0.2) is 34.1 Å². The summed E-state index contributed by atoms with van der Waals surface area (Å²) < 4.78 is 2.01. The van der Waals surface area contributed by atoms with Gasteiger partial charge in [-0.2, -0.15) is 0 Å². The van der Waals surface area contributed by atoms with Crippen LogP contribution in [0.4, 0.5) is 5.69 Å². The Labute approximate surface area is 156 Å². The largest absolute Gasteiger partial charge is 0.494 e. The van der Waals surface area contributed by atoms with Crippen LogP contribution in [0.2, 0.25) is 0 Å². The van der Waals surface area contributed by atoms with E-state index in [1.807, 2.05) is 31.2 Å². The summed E-state index contributed by atoms with van der Waals surface area (Å²) in [4.78, 5) is 19.8. The topological polar surface area (TPSA) is 70.4 Å². The van der Waals surface area contributed by atoms with Crippen LogP contribution < -0.4 is 5.56 Å². The minimum Gasteiger partial charge on any atom is -0.494 e. The molecule has 1 aliphatic carbocycles. The molecule has 26 heavy (non-hydrogen) atoms. The number of benzene rings is 1. The molecule has 1 aromatic heterocycles. The molecule has 134 valence electrons. The number of nitrogens with zero attached hydrogens (tertiary/aromatic N) is 2. The van der Waals surface area contributed by atoms with Crippen molar-refractivity contribution in [1.82, 2.24) is 9.55 Å². The molecule has 0 spiro atoms. The van der Waals surface area contributed by atoms with Crippen LogP contribution in [-0.4, -0.2) is 20.4 Å². The van der Waals surface area contributed by atoms with Crippen molar-refractivity contribution in [2.75, 3.05) is 0 Å². The van der Waals surface area contributed by atoms with E-state index in [9.17, 15) is 9.90 Å². The van der Waals surface area contributed by atoms with E-state index in [1.54, 1.807) is 10.6 Å². The van der Waals surface area contributed by atoms with Gasteiger partial charge in [-0.1, -0.05) is 37.5 Å². The normalized spacial score (nSPS) is 18.8. The smallest absolute Gasteiger partial charge is 0.262 e. The van der Waals surface area contributed by atoms with Crippen molar-refractivity contribution in [1.29, 1.82) is 0 Å². The fraction of sp³-hybridized carbons (Fsp3) is 0.350. The fourth-order valence-electron chi connectivity index (χ4n) is 3.92. The summed E-state index contributed by atoms with van der Waals surface area (Å²) in [6.07, 6.45) is 7.09. The van der Waals surface area contributed by atoms with Gasteiger partial charge in [-0.05, 0) is 44.1 Å². The lowest BCUT2D eigenvalue weighted by molar-refractivity contribution is 0.302. The first kappa shape index (κ1) is 17.0. The summed E-state index contributed by atoms with van der Waals surface area (Å²) >= 11 is 5.34. The highest BCUT2D eigenvalue weighted by molar-refractivity contribution is 7.71. The number of hydrogen-bond donors (Lipinski definition) is 2. The van der Waals surface area contributed by atoms with E-state index in [1.165, 1.54) is 6.42 Å². The molecule has 1 fully saturated rings. The monoisotopic (exact) mass is 367 g/mol. The summed E-state index contributed by atoms with van der Waals surface area (Å²) in [7, 11) is 0. The van der Waals surface area contributed by atoms with E-state index in [0.29, 0.717) is 4.77 Å². The van der Waals surface area contributed by atoms with Crippen LogP contribution >= 0.6 is 12.2 Å². The molecule has 5 nitrogen and oxygen atoms in total. The SMILES string of the molecule is CC1=Nc2ccccc2C1=Cc1c(O)n(C2CCCCC2)c(=S)[nH]c1=O. The van der Waals surface area contributed by atoms with Gasteiger partial charge in [-0.3, -0.25) is 19.3 Å². The Morgan fingerprint density at radius 1 is 1.27 bits per heavy atom. The van der Waals surface area contributed by atoms with Gasteiger partial charge in [0, 0.05) is 22.9 Å². The Hall–Kier alpha value is -2.47. The van der Waals surface area contributed by atoms with E-state index in [2.05, 4.69) is 9.98 Å². The number of nitrogens with one attached hydrogen (secondary N) is 1. The lowest BCUT2D eigenvalue weighted by Crippen LogP contribution is -2.21. The molecule has 2 N–H and O–H groups in total. The predicted octanol–water partition coefficient (Wildman–Crippen LogP) is 4.76. The number of aliphatic imine (C=N–C) groups is 1. The zero-order valence-electron chi connectivity index (χ0n) is 14.7. The molecule has 0 radical (unpaired) electrons. The van der Waals surface area contributed by atoms with Crippen LogP contribution in [-0.2, 0) is 0 Å². The molecule has 0 atom stereocenters. The van der Waals surface area contributed by atoms with Gasteiger partial charge in [0.15, 0.2) is 4.77 Å². The van der Waals surface area contributed by atoms with Crippen LogP contribution in [0, 0.1) is 4.77 Å². The van der Waals surface area contributed by atoms with Crippen molar-refractivity contribution in [3.05, 3.63) is 50.5 Å². The van der Waals surface area contributed by atoms with Crippen molar-refractivity contribution in [3.8, 4) is 5.88 Å². The maximum Gasteiger partial charge on any atom is 0.262 e. The Morgan fingerprint density at radius 3 is 2.77 bits per heavy atom. The molecule has 4 rings (SSSR count). The number of hydrogen-bond acceptors (Lipinski definition) is 4. The van der Waals surface area contributed by atoms with Crippen molar-refractivity contribution >= 4 is 35.3 Å². The third kappa shape index (κ3) is 2.84. The zero-order chi connectivity index (χ0) is 18.3. The minimum absolute atomic E-state index is 0.0460. The first-order valence-corrected chi connectivity index (χ1v) is 9.41. The van der Waals surface area contributed by atoms with Crippen molar-refractivity contribution in [2.24, 2.45) is 4.99 Å². The number of aromatic amines is 1. The van der Waals surface area contributed by atoms with Gasteiger partial charge in [0.2, 0.25) is 5.88 Å². The predicted molar refractivity (Wildman–Crippen MR) is 107 cm³/mol. The van der Waals surface area contributed by atoms with E-state index >= 15 is 0 Å². The summed E-state index contributed by atoms with van der Waals surface area (Å²) in [6, 6.07) is 7.93. The molecule has 0 saturated heterocycles. The van der Waals surface area contributed by atoms with E-state index in [-0.39, 0.29) is 23.0 Å². The second kappa shape index (κ2) is 6.68. The lowest BCUT2D eigenvalue weighted by Gasteiger charge is -2.25. The second-order valence-electron chi connectivity index (χ2n) is 6.93. The molecule has 6 heteroatoms. The molecule has 0 unspecified atom stereocenters. The summed E-state index contributed by atoms with van der Waals surface area (Å²) in [5.74, 6) is -0.0460. The molecule has 2 heterocycles. The van der Waals surface area contributed by atoms with Gasteiger partial charge in [0.1, 0.15) is 5.56 Å². The summed E-state index contributed by atoms with van der Waals surface area (Å²) in [5, 5.41) is 10.9. The van der Waals surface area contributed by atoms with Crippen molar-refractivity contribution in [2.45, 2.75) is 45.1 Å². The van der Waals surface area contributed by atoms with Gasteiger partial charge < -0.3 is 5.11 Å². The molecule has 2 aliphatic rings. The molecule has 0 bridgehead atoms. The first-order chi connectivity index (χ1) is 12.6.